The monoisotopic (exact) mass is 277 g/mol. The highest BCUT2D eigenvalue weighted by atomic mass is 16.3. The molecule has 0 saturated carbocycles. The summed E-state index contributed by atoms with van der Waals surface area (Å²) in [4.78, 5) is 4.40. The van der Waals surface area contributed by atoms with Crippen LogP contribution < -0.4 is 0 Å². The molecule has 0 amide bonds. The lowest BCUT2D eigenvalue weighted by Gasteiger charge is -2.30. The maximum Gasteiger partial charge on any atom is 0.115 e. The van der Waals surface area contributed by atoms with Gasteiger partial charge in [-0.15, -0.1) is 0 Å². The van der Waals surface area contributed by atoms with Crippen molar-refractivity contribution in [3.8, 4) is 0 Å². The number of nitrogens with zero attached hydrogens (tertiary/aromatic N) is 1. The van der Waals surface area contributed by atoms with E-state index >= 15 is 0 Å². The molecule has 2 heteroatoms. The van der Waals surface area contributed by atoms with Crippen LogP contribution in [0.1, 0.15) is 30.9 Å². The number of fused-ring (bicyclic) bond motifs is 1. The Morgan fingerprint density at radius 3 is 2.52 bits per heavy atom. The highest BCUT2D eigenvalue weighted by molar-refractivity contribution is 5.83. The fraction of sp³-hybridized carbons (Fsp3) is 0.211. The molecule has 0 bridgehead atoms. The molecule has 3 aromatic rings. The zero-order chi connectivity index (χ0) is 14.7. The van der Waals surface area contributed by atoms with E-state index in [1.165, 1.54) is 0 Å². The topological polar surface area (TPSA) is 33.1 Å². The number of benzene rings is 2. The van der Waals surface area contributed by atoms with Gasteiger partial charge in [0.15, 0.2) is 0 Å². The van der Waals surface area contributed by atoms with Gasteiger partial charge in [-0.3, -0.25) is 4.98 Å². The van der Waals surface area contributed by atoms with E-state index < -0.39 is 5.60 Å². The molecule has 21 heavy (non-hydrogen) atoms. The van der Waals surface area contributed by atoms with Gasteiger partial charge >= 0.3 is 0 Å². The first-order valence-corrected chi connectivity index (χ1v) is 7.38. The fourth-order valence-electron chi connectivity index (χ4n) is 2.97. The number of pyridine rings is 1. The smallest absolute Gasteiger partial charge is 0.115 e. The van der Waals surface area contributed by atoms with E-state index in [0.717, 1.165) is 28.5 Å². The fourth-order valence-corrected chi connectivity index (χ4v) is 2.97. The van der Waals surface area contributed by atoms with Gasteiger partial charge in [0.1, 0.15) is 5.60 Å². The van der Waals surface area contributed by atoms with Crippen LogP contribution in [0.5, 0.6) is 0 Å². The van der Waals surface area contributed by atoms with Crippen LogP contribution in [-0.2, 0) is 5.60 Å². The van der Waals surface area contributed by atoms with Gasteiger partial charge in [-0.05, 0) is 29.7 Å². The van der Waals surface area contributed by atoms with Gasteiger partial charge in [-0.25, -0.2) is 0 Å². The Balaban J connectivity index is 2.25. The third-order valence-corrected chi connectivity index (χ3v) is 3.95. The van der Waals surface area contributed by atoms with Crippen molar-refractivity contribution in [2.24, 2.45) is 0 Å². The van der Waals surface area contributed by atoms with Crippen LogP contribution in [0.25, 0.3) is 10.9 Å². The largest absolute Gasteiger partial charge is 0.380 e. The quantitative estimate of drug-likeness (QED) is 0.772. The molecule has 0 spiro atoms. The summed E-state index contributed by atoms with van der Waals surface area (Å²) in [6, 6.07) is 19.8. The minimum absolute atomic E-state index is 0.686. The lowest BCUT2D eigenvalue weighted by molar-refractivity contribution is 0.0717. The molecule has 1 atom stereocenters. The van der Waals surface area contributed by atoms with Crippen molar-refractivity contribution in [1.82, 2.24) is 4.98 Å². The van der Waals surface area contributed by atoms with Gasteiger partial charge in [0.25, 0.3) is 0 Å². The van der Waals surface area contributed by atoms with E-state index in [1.807, 2.05) is 60.7 Å². The zero-order valence-electron chi connectivity index (χ0n) is 12.2. The summed E-state index contributed by atoms with van der Waals surface area (Å²) < 4.78 is 0. The summed E-state index contributed by atoms with van der Waals surface area (Å²) in [5.41, 5.74) is 1.81. The molecule has 0 aliphatic heterocycles. The lowest BCUT2D eigenvalue weighted by atomic mass is 9.81. The highest BCUT2D eigenvalue weighted by Crippen LogP contribution is 2.37. The van der Waals surface area contributed by atoms with Crippen molar-refractivity contribution in [2.75, 3.05) is 0 Å². The number of aliphatic hydroxyl groups is 1. The van der Waals surface area contributed by atoms with Crippen LogP contribution in [0.2, 0.25) is 0 Å². The average Bonchev–Trinajstić information content (AvgIpc) is 2.55. The van der Waals surface area contributed by atoms with E-state index in [2.05, 4.69) is 11.9 Å². The first-order valence-electron chi connectivity index (χ1n) is 7.38. The molecule has 2 nitrogen and oxygen atoms in total. The Bertz CT molecular complexity index is 733. The molecule has 0 saturated heterocycles. The minimum Gasteiger partial charge on any atom is -0.380 e. The second kappa shape index (κ2) is 5.66. The first kappa shape index (κ1) is 13.8. The summed E-state index contributed by atoms with van der Waals surface area (Å²) in [6.07, 6.45) is 3.38. The summed E-state index contributed by atoms with van der Waals surface area (Å²) in [5, 5.41) is 12.4. The van der Waals surface area contributed by atoms with Crippen molar-refractivity contribution in [1.29, 1.82) is 0 Å². The third kappa shape index (κ3) is 2.43. The molecule has 1 aromatic heterocycles. The van der Waals surface area contributed by atoms with Gasteiger partial charge in [0.2, 0.25) is 0 Å². The summed E-state index contributed by atoms with van der Waals surface area (Å²) >= 11 is 0. The van der Waals surface area contributed by atoms with Crippen molar-refractivity contribution in [3.63, 3.8) is 0 Å². The van der Waals surface area contributed by atoms with Crippen molar-refractivity contribution >= 4 is 10.9 Å². The second-order valence-electron chi connectivity index (χ2n) is 5.35. The molecule has 2 aromatic carbocycles. The van der Waals surface area contributed by atoms with Gasteiger partial charge in [0, 0.05) is 11.6 Å². The Morgan fingerprint density at radius 2 is 1.76 bits per heavy atom. The molecule has 0 aliphatic rings. The SMILES string of the molecule is CCCC(O)(c1ccccc1)c1cccc2ncccc12. The Kier molecular flexibility index (Phi) is 3.72. The Labute approximate surface area is 125 Å². The van der Waals surface area contributed by atoms with Crippen LogP contribution >= 0.6 is 0 Å². The van der Waals surface area contributed by atoms with E-state index in [9.17, 15) is 5.11 Å². The van der Waals surface area contributed by atoms with E-state index in [1.54, 1.807) is 6.20 Å². The second-order valence-corrected chi connectivity index (χ2v) is 5.35. The molecule has 106 valence electrons. The predicted octanol–water partition coefficient (Wildman–Crippen LogP) is 4.27. The normalized spacial score (nSPS) is 14.0. The summed E-state index contributed by atoms with van der Waals surface area (Å²) in [6.45, 7) is 2.09. The van der Waals surface area contributed by atoms with E-state index in [4.69, 9.17) is 0 Å². The van der Waals surface area contributed by atoms with Crippen LogP contribution in [0.4, 0.5) is 0 Å². The summed E-state index contributed by atoms with van der Waals surface area (Å²) in [7, 11) is 0. The molecule has 0 radical (unpaired) electrons. The average molecular weight is 277 g/mol. The zero-order valence-corrected chi connectivity index (χ0v) is 12.2. The van der Waals surface area contributed by atoms with Crippen LogP contribution in [0, 0.1) is 0 Å². The number of rotatable bonds is 4. The van der Waals surface area contributed by atoms with Gasteiger partial charge in [0.05, 0.1) is 5.52 Å². The molecule has 1 unspecified atom stereocenters. The van der Waals surface area contributed by atoms with E-state index in [-0.39, 0.29) is 0 Å². The van der Waals surface area contributed by atoms with Crippen LogP contribution in [0.3, 0.4) is 0 Å². The minimum atomic E-state index is -0.974. The van der Waals surface area contributed by atoms with Crippen LogP contribution in [0.15, 0.2) is 66.9 Å². The van der Waals surface area contributed by atoms with Crippen LogP contribution in [-0.4, -0.2) is 10.1 Å². The highest BCUT2D eigenvalue weighted by Gasteiger charge is 2.31. The van der Waals surface area contributed by atoms with Crippen molar-refractivity contribution in [3.05, 3.63) is 78.0 Å². The van der Waals surface area contributed by atoms with E-state index in [0.29, 0.717) is 6.42 Å². The number of aromatic nitrogens is 1. The molecular formula is C19H19NO. The molecule has 3 rings (SSSR count). The first-order chi connectivity index (χ1) is 10.3. The molecule has 1 heterocycles. The number of hydrogen-bond donors (Lipinski definition) is 1. The van der Waals surface area contributed by atoms with Gasteiger partial charge in [-0.1, -0.05) is 61.9 Å². The third-order valence-electron chi connectivity index (χ3n) is 3.95. The van der Waals surface area contributed by atoms with Gasteiger partial charge < -0.3 is 5.11 Å². The molecule has 0 fully saturated rings. The Morgan fingerprint density at radius 1 is 0.952 bits per heavy atom. The van der Waals surface area contributed by atoms with Crippen molar-refractivity contribution in [2.45, 2.75) is 25.4 Å². The lowest BCUT2D eigenvalue weighted by Crippen LogP contribution is -2.27. The Hall–Kier alpha value is -2.19. The molecule has 1 N–H and O–H groups in total. The molecule has 0 aliphatic carbocycles. The maximum absolute atomic E-state index is 11.4. The predicted molar refractivity (Wildman–Crippen MR) is 86.1 cm³/mol. The summed E-state index contributed by atoms with van der Waals surface area (Å²) in [5.74, 6) is 0. The number of hydrogen-bond acceptors (Lipinski definition) is 2. The maximum atomic E-state index is 11.4. The molecular weight excluding hydrogens is 258 g/mol. The van der Waals surface area contributed by atoms with Crippen molar-refractivity contribution < 1.29 is 5.11 Å². The van der Waals surface area contributed by atoms with Gasteiger partial charge in [-0.2, -0.15) is 0 Å². The standard InChI is InChI=1S/C19H19NO/c1-2-13-19(21,15-8-4-3-5-9-15)17-11-6-12-18-16(17)10-7-14-20-18/h3-12,14,21H,2,13H2,1H3.